The zero-order valence-corrected chi connectivity index (χ0v) is 14.4. The summed E-state index contributed by atoms with van der Waals surface area (Å²) in [5, 5.41) is 8.08. The third-order valence-corrected chi connectivity index (χ3v) is 4.61. The van der Waals surface area contributed by atoms with Crippen molar-refractivity contribution >= 4 is 5.91 Å². The van der Waals surface area contributed by atoms with Crippen molar-refractivity contribution in [2.24, 2.45) is 0 Å². The van der Waals surface area contributed by atoms with Crippen LogP contribution in [0.5, 0.6) is 5.75 Å². The molecule has 0 unspecified atom stereocenters. The van der Waals surface area contributed by atoms with E-state index < -0.39 is 11.6 Å². The van der Waals surface area contributed by atoms with Crippen LogP contribution in [0.15, 0.2) is 23.0 Å². The van der Waals surface area contributed by atoms with Crippen LogP contribution in [-0.2, 0) is 11.2 Å². The van der Waals surface area contributed by atoms with E-state index in [1.165, 1.54) is 0 Å². The average molecular weight is 365 g/mol. The number of hydrogen-bond donors (Lipinski definition) is 3. The molecule has 6 nitrogen and oxygen atoms in total. The van der Waals surface area contributed by atoms with Crippen LogP contribution in [0.4, 0.5) is 8.78 Å². The average Bonchev–Trinajstić information content (AvgIpc) is 2.88. The quantitative estimate of drug-likeness (QED) is 0.760. The molecule has 1 heterocycles. The standard InChI is InChI=1S/C18H21F2N3O3/c1-10-16(18(25)23-22-10)9-17(24)21-13-2-4-14(5-3-13)26-15-7-11(19)6-12(20)8-15/h6-8,13-14H,2-5,9H2,1H3,(H,21,24)(H2,22,23,25). The first-order chi connectivity index (χ1) is 12.4. The first kappa shape index (κ1) is 18.2. The molecule has 1 aliphatic carbocycles. The van der Waals surface area contributed by atoms with Gasteiger partial charge >= 0.3 is 0 Å². The Bertz CT molecular complexity index is 818. The Balaban J connectivity index is 1.47. The minimum atomic E-state index is -0.670. The Morgan fingerprint density at radius 1 is 1.15 bits per heavy atom. The third-order valence-electron chi connectivity index (χ3n) is 4.61. The number of rotatable bonds is 5. The number of benzene rings is 1. The predicted octanol–water partition coefficient (Wildman–Crippen LogP) is 2.34. The smallest absolute Gasteiger partial charge is 0.267 e. The molecule has 1 amide bonds. The Morgan fingerprint density at radius 3 is 2.38 bits per heavy atom. The van der Waals surface area contributed by atoms with Crippen LogP contribution in [0.25, 0.3) is 0 Å². The first-order valence-corrected chi connectivity index (χ1v) is 8.59. The van der Waals surface area contributed by atoms with Crippen LogP contribution < -0.4 is 15.6 Å². The second kappa shape index (κ2) is 7.72. The van der Waals surface area contributed by atoms with Gasteiger partial charge in [0.1, 0.15) is 17.4 Å². The van der Waals surface area contributed by atoms with Gasteiger partial charge in [-0.3, -0.25) is 14.7 Å². The number of aromatic amines is 2. The lowest BCUT2D eigenvalue weighted by atomic mass is 9.92. The van der Waals surface area contributed by atoms with Gasteiger partial charge in [0.2, 0.25) is 5.91 Å². The number of aryl methyl sites for hydroxylation is 1. The molecular weight excluding hydrogens is 344 g/mol. The van der Waals surface area contributed by atoms with Gasteiger partial charge < -0.3 is 15.2 Å². The van der Waals surface area contributed by atoms with Gasteiger partial charge in [-0.25, -0.2) is 8.78 Å². The molecule has 8 heteroatoms. The molecule has 1 aromatic carbocycles. The maximum absolute atomic E-state index is 13.2. The lowest BCUT2D eigenvalue weighted by molar-refractivity contribution is -0.121. The number of amides is 1. The van der Waals surface area contributed by atoms with Crippen LogP contribution in [0.1, 0.15) is 36.9 Å². The predicted molar refractivity (Wildman–Crippen MR) is 91.0 cm³/mol. The van der Waals surface area contributed by atoms with Crippen LogP contribution in [0.3, 0.4) is 0 Å². The van der Waals surface area contributed by atoms with E-state index in [0.717, 1.165) is 18.2 Å². The van der Waals surface area contributed by atoms with Gasteiger partial charge in [-0.1, -0.05) is 0 Å². The molecule has 0 atom stereocenters. The third kappa shape index (κ3) is 4.50. The molecule has 2 aromatic rings. The van der Waals surface area contributed by atoms with Gasteiger partial charge in [-0.05, 0) is 32.6 Å². The number of aromatic nitrogens is 2. The highest BCUT2D eigenvalue weighted by atomic mass is 19.1. The highest BCUT2D eigenvalue weighted by Gasteiger charge is 2.24. The fourth-order valence-corrected chi connectivity index (χ4v) is 3.24. The Labute approximate surface area is 148 Å². The van der Waals surface area contributed by atoms with Crippen molar-refractivity contribution < 1.29 is 18.3 Å². The number of nitrogens with one attached hydrogen (secondary N) is 3. The van der Waals surface area contributed by atoms with Gasteiger partial charge in [-0.2, -0.15) is 0 Å². The molecule has 0 radical (unpaired) electrons. The summed E-state index contributed by atoms with van der Waals surface area (Å²) < 4.78 is 32.1. The summed E-state index contributed by atoms with van der Waals surface area (Å²) in [6, 6.07) is 3.13. The van der Waals surface area contributed by atoms with Gasteiger partial charge in [0.05, 0.1) is 12.5 Å². The number of ether oxygens (including phenoxy) is 1. The molecule has 3 rings (SSSR count). The van der Waals surface area contributed by atoms with Crippen molar-refractivity contribution in [3.8, 4) is 5.75 Å². The van der Waals surface area contributed by atoms with E-state index in [2.05, 4.69) is 15.5 Å². The van der Waals surface area contributed by atoms with E-state index in [1.807, 2.05) is 0 Å². The number of halogens is 2. The fraction of sp³-hybridized carbons (Fsp3) is 0.444. The summed E-state index contributed by atoms with van der Waals surface area (Å²) in [6.07, 6.45) is 2.65. The number of carbonyl (C=O) groups excluding carboxylic acids is 1. The molecule has 1 fully saturated rings. The molecule has 3 N–H and O–H groups in total. The van der Waals surface area contributed by atoms with E-state index in [4.69, 9.17) is 4.74 Å². The maximum atomic E-state index is 13.2. The highest BCUT2D eigenvalue weighted by molar-refractivity contribution is 5.79. The van der Waals surface area contributed by atoms with Crippen molar-refractivity contribution in [1.29, 1.82) is 0 Å². The van der Waals surface area contributed by atoms with Gasteiger partial charge in [0.25, 0.3) is 5.56 Å². The van der Waals surface area contributed by atoms with Gasteiger partial charge in [-0.15, -0.1) is 0 Å². The SMILES string of the molecule is Cc1[nH][nH]c(=O)c1CC(=O)NC1CCC(Oc2cc(F)cc(F)c2)CC1. The number of hydrogen-bond acceptors (Lipinski definition) is 3. The second-order valence-electron chi connectivity index (χ2n) is 6.62. The lowest BCUT2D eigenvalue weighted by Crippen LogP contribution is -2.40. The summed E-state index contributed by atoms with van der Waals surface area (Å²) in [4.78, 5) is 23.7. The van der Waals surface area contributed by atoms with Gasteiger partial charge in [0.15, 0.2) is 0 Å². The molecule has 0 aliphatic heterocycles. The molecule has 1 aromatic heterocycles. The summed E-state index contributed by atoms with van der Waals surface area (Å²) in [5.41, 5.74) is 0.814. The number of carbonyl (C=O) groups is 1. The van der Waals surface area contributed by atoms with Crippen molar-refractivity contribution in [3.63, 3.8) is 0 Å². The fourth-order valence-electron chi connectivity index (χ4n) is 3.24. The van der Waals surface area contributed by atoms with Gasteiger partial charge in [0, 0.05) is 35.5 Å². The zero-order chi connectivity index (χ0) is 18.7. The van der Waals surface area contributed by atoms with E-state index in [-0.39, 0.29) is 35.8 Å². The molecule has 0 spiro atoms. The molecule has 1 saturated carbocycles. The van der Waals surface area contributed by atoms with E-state index in [9.17, 15) is 18.4 Å². The summed E-state index contributed by atoms with van der Waals surface area (Å²) in [6.45, 7) is 1.73. The van der Waals surface area contributed by atoms with E-state index >= 15 is 0 Å². The van der Waals surface area contributed by atoms with Crippen LogP contribution in [0.2, 0.25) is 0 Å². The molecule has 0 saturated heterocycles. The van der Waals surface area contributed by atoms with E-state index in [1.54, 1.807) is 6.92 Å². The Hall–Kier alpha value is -2.64. The molecular formula is C18H21F2N3O3. The maximum Gasteiger partial charge on any atom is 0.267 e. The highest BCUT2D eigenvalue weighted by Crippen LogP contribution is 2.25. The Kier molecular flexibility index (Phi) is 5.39. The minimum absolute atomic E-state index is 0.00456. The van der Waals surface area contributed by atoms with Crippen molar-refractivity contribution in [2.75, 3.05) is 0 Å². The largest absolute Gasteiger partial charge is 0.490 e. The molecule has 140 valence electrons. The molecule has 0 bridgehead atoms. The monoisotopic (exact) mass is 365 g/mol. The topological polar surface area (TPSA) is 87.0 Å². The lowest BCUT2D eigenvalue weighted by Gasteiger charge is -2.29. The minimum Gasteiger partial charge on any atom is -0.490 e. The van der Waals surface area contributed by atoms with Crippen molar-refractivity contribution in [2.45, 2.75) is 51.2 Å². The zero-order valence-electron chi connectivity index (χ0n) is 14.4. The normalized spacial score (nSPS) is 20.0. The van der Waals surface area contributed by atoms with E-state index in [0.29, 0.717) is 36.9 Å². The second-order valence-corrected chi connectivity index (χ2v) is 6.62. The Morgan fingerprint density at radius 2 is 1.81 bits per heavy atom. The summed E-state index contributed by atoms with van der Waals surface area (Å²) >= 11 is 0. The van der Waals surface area contributed by atoms with Crippen LogP contribution in [0, 0.1) is 18.6 Å². The summed E-state index contributed by atoms with van der Waals surface area (Å²) in [7, 11) is 0. The molecule has 26 heavy (non-hydrogen) atoms. The van der Waals surface area contributed by atoms with Crippen LogP contribution >= 0.6 is 0 Å². The van der Waals surface area contributed by atoms with Crippen LogP contribution in [-0.4, -0.2) is 28.3 Å². The van der Waals surface area contributed by atoms with Crippen molar-refractivity contribution in [1.82, 2.24) is 15.5 Å². The summed E-state index contributed by atoms with van der Waals surface area (Å²) in [5.74, 6) is -1.36. The first-order valence-electron chi connectivity index (χ1n) is 8.59. The number of H-pyrrole nitrogens is 2. The molecule has 1 aliphatic rings. The van der Waals surface area contributed by atoms with Crippen molar-refractivity contribution in [3.05, 3.63) is 51.4 Å².